The zero-order chi connectivity index (χ0) is 0. The topological polar surface area (TPSA) is 200 Å². The van der Waals surface area contributed by atoms with E-state index in [-0.39, 0.29) is 174 Å². The first-order chi connectivity index (χ1) is 0. The Morgan fingerprint density at radius 1 is 0.273 bits per heavy atom. The molecular weight excluding hydrogens is 575 g/mol. The zero-order valence-corrected chi connectivity index (χ0v) is 16.1. The molecule has 0 aliphatic carbocycles. The quantitative estimate of drug-likeness (QED) is 0.348. The first-order valence-corrected chi connectivity index (χ1v) is 0. The zero-order valence-electron chi connectivity index (χ0n) is 4.86. The monoisotopic (exact) mass is 572 g/mol. The van der Waals surface area contributed by atoms with E-state index in [0.29, 0.717) is 0 Å². The van der Waals surface area contributed by atoms with Crippen LogP contribution in [0.2, 0.25) is 0 Å². The normalized spacial score (nSPS) is 0. The summed E-state index contributed by atoms with van der Waals surface area (Å²) in [6.07, 6.45) is 0. The molecule has 7 nitrogen and oxygen atoms in total. The fraction of sp³-hybridized carbons (Fsp3) is 0. The molecule has 0 saturated carbocycles. The Bertz CT molecular complexity index is 14.4. The van der Waals surface area contributed by atoms with Gasteiger partial charge in [0.25, 0.3) is 0 Å². The van der Waals surface area contributed by atoms with Crippen molar-refractivity contribution in [2.24, 2.45) is 0 Å². The Morgan fingerprint density at radius 2 is 0.273 bits per heavy atom. The van der Waals surface area contributed by atoms with Gasteiger partial charge in [-0.25, -0.2) is 0 Å². The number of rotatable bonds is 0. The predicted molar refractivity (Wildman–Crippen MR) is 4.81 cm³/mol. The molecule has 0 fully saturated rings. The Hall–Kier alpha value is 4.24. The standard InChI is InChI=1S/2Ce.7O.2Zr/q2*+4;7*-2;2*+4. The minimum Gasteiger partial charge on any atom is -2.00 e. The number of hydrogen-bond acceptors (Lipinski definition) is 0. The smallest absolute Gasteiger partial charge is 2.00 e. The molecule has 0 aromatic rings. The van der Waals surface area contributed by atoms with Gasteiger partial charge in [-0.3, -0.25) is 0 Å². The van der Waals surface area contributed by atoms with Gasteiger partial charge in [0, 0.05) is 0 Å². The summed E-state index contributed by atoms with van der Waals surface area (Å²) < 4.78 is 0. The van der Waals surface area contributed by atoms with Crippen LogP contribution in [0, 0.1) is 83.5 Å². The van der Waals surface area contributed by atoms with Crippen LogP contribution >= 0.6 is 0 Å². The molecule has 0 atom stereocenters. The van der Waals surface area contributed by atoms with Crippen LogP contribution in [0.15, 0.2) is 0 Å². The molecule has 0 aliphatic rings. The van der Waals surface area contributed by atoms with Crippen molar-refractivity contribution in [2.75, 3.05) is 0 Å². The molecule has 56 valence electrons. The first-order valence-electron chi connectivity index (χ1n) is 0. The molecule has 0 spiro atoms. The van der Waals surface area contributed by atoms with Crippen molar-refractivity contribution in [1.82, 2.24) is 0 Å². The van der Waals surface area contributed by atoms with Crippen LogP contribution in [0.4, 0.5) is 0 Å². The first kappa shape index (κ1) is 172. The van der Waals surface area contributed by atoms with Crippen molar-refractivity contribution in [2.45, 2.75) is 0 Å². The van der Waals surface area contributed by atoms with E-state index >= 15 is 0 Å². The summed E-state index contributed by atoms with van der Waals surface area (Å²) in [7, 11) is 0. The van der Waals surface area contributed by atoms with Gasteiger partial charge in [-0.1, -0.05) is 0 Å². The Kier molecular flexibility index (Phi) is 2170. The van der Waals surface area contributed by atoms with Crippen LogP contribution in [0.1, 0.15) is 0 Å². The molecule has 0 N–H and O–H groups in total. The van der Waals surface area contributed by atoms with Crippen LogP contribution in [0.3, 0.4) is 0 Å². The molecule has 0 aromatic heterocycles. The van der Waals surface area contributed by atoms with Gasteiger partial charge < -0.3 is 38.3 Å². The molecule has 0 rings (SSSR count). The maximum Gasteiger partial charge on any atom is 4.00 e. The molecule has 0 unspecified atom stereocenters. The summed E-state index contributed by atoms with van der Waals surface area (Å²) in [6, 6.07) is 0. The summed E-state index contributed by atoms with van der Waals surface area (Å²) in [5.41, 5.74) is 0. The molecule has 11 heavy (non-hydrogen) atoms. The largest absolute Gasteiger partial charge is 4.00 e. The van der Waals surface area contributed by atoms with E-state index < -0.39 is 0 Å². The Morgan fingerprint density at radius 3 is 0.273 bits per heavy atom. The third-order valence-corrected chi connectivity index (χ3v) is 0. The van der Waals surface area contributed by atoms with Gasteiger partial charge in [-0.15, -0.1) is 0 Å². The fourth-order valence-electron chi connectivity index (χ4n) is 0. The van der Waals surface area contributed by atoms with Gasteiger partial charge in [-0.2, -0.15) is 0 Å². The average molecular weight is 575 g/mol. The van der Waals surface area contributed by atoms with Gasteiger partial charge in [0.15, 0.2) is 0 Å². The van der Waals surface area contributed by atoms with Gasteiger partial charge in [0.1, 0.15) is 0 Å². The van der Waals surface area contributed by atoms with Gasteiger partial charge >= 0.3 is 136 Å². The van der Waals surface area contributed by atoms with Crippen LogP contribution in [0.25, 0.3) is 0 Å². The molecule has 0 bridgehead atoms. The van der Waals surface area contributed by atoms with Crippen molar-refractivity contribution in [3.8, 4) is 0 Å². The molecule has 0 amide bonds. The maximum absolute atomic E-state index is 0. The Balaban J connectivity index is 0. The van der Waals surface area contributed by atoms with Crippen LogP contribution in [-0.4, -0.2) is 0 Å². The SMILES string of the molecule is [Ce+4].[Ce+4].[O-2].[O-2].[O-2].[O-2].[O-2].[O-2].[O-2].[Zr+4].[Zr+4]. The molecule has 0 aliphatic heterocycles. The second kappa shape index (κ2) is 139. The summed E-state index contributed by atoms with van der Waals surface area (Å²) in [6.45, 7) is 0. The van der Waals surface area contributed by atoms with Gasteiger partial charge in [-0.05, 0) is 0 Å². The average Bonchev–Trinajstić information content (AvgIpc) is 0. The van der Waals surface area contributed by atoms with E-state index in [9.17, 15) is 0 Å². The molecule has 0 radical (unpaired) electrons. The third-order valence-electron chi connectivity index (χ3n) is 0. The molecule has 0 aromatic carbocycles. The minimum absolute atomic E-state index is 0. The number of hydrogen-bond donors (Lipinski definition) is 0. The Labute approximate surface area is 170 Å². The predicted octanol–water partition coefficient (Wildman–Crippen LogP) is -0.837. The fourth-order valence-corrected chi connectivity index (χ4v) is 0. The second-order valence-electron chi connectivity index (χ2n) is 0. The van der Waals surface area contributed by atoms with E-state index in [1.165, 1.54) is 0 Å². The minimum atomic E-state index is 0. The molecule has 0 heterocycles. The van der Waals surface area contributed by atoms with E-state index in [1.807, 2.05) is 0 Å². The van der Waals surface area contributed by atoms with Crippen molar-refractivity contribution in [3.05, 3.63) is 0 Å². The summed E-state index contributed by atoms with van der Waals surface area (Å²) >= 11 is 0. The molecule has 0 saturated heterocycles. The van der Waals surface area contributed by atoms with Crippen LogP contribution < -0.4 is 0 Å². The molecular formula is Ce2O7Zr2+2. The third kappa shape index (κ3) is 119. The van der Waals surface area contributed by atoms with Gasteiger partial charge in [0.05, 0.1) is 0 Å². The van der Waals surface area contributed by atoms with Crippen molar-refractivity contribution in [3.63, 3.8) is 0 Å². The second-order valence-corrected chi connectivity index (χ2v) is 0. The summed E-state index contributed by atoms with van der Waals surface area (Å²) in [4.78, 5) is 0. The van der Waals surface area contributed by atoms with Crippen molar-refractivity contribution >= 4 is 0 Å². The summed E-state index contributed by atoms with van der Waals surface area (Å²) in [5, 5.41) is 0. The van der Waals surface area contributed by atoms with E-state index in [4.69, 9.17) is 0 Å². The van der Waals surface area contributed by atoms with Crippen LogP contribution in [0.5, 0.6) is 0 Å². The van der Waals surface area contributed by atoms with Crippen molar-refractivity contribution < 1.29 is 174 Å². The van der Waals surface area contributed by atoms with Gasteiger partial charge in [0.2, 0.25) is 0 Å². The maximum atomic E-state index is 0. The van der Waals surface area contributed by atoms with E-state index in [0.717, 1.165) is 0 Å². The summed E-state index contributed by atoms with van der Waals surface area (Å²) in [5.74, 6) is 0. The van der Waals surface area contributed by atoms with E-state index in [1.54, 1.807) is 0 Å². The van der Waals surface area contributed by atoms with Crippen molar-refractivity contribution in [1.29, 1.82) is 0 Å². The molecule has 11 heteroatoms. The van der Waals surface area contributed by atoms with E-state index in [2.05, 4.69) is 0 Å². The van der Waals surface area contributed by atoms with Crippen LogP contribution in [-0.2, 0) is 90.7 Å².